The van der Waals surface area contributed by atoms with Crippen LogP contribution in [0.5, 0.6) is 0 Å². The molecule has 0 spiro atoms. The van der Waals surface area contributed by atoms with E-state index in [-0.39, 0.29) is 0 Å². The summed E-state index contributed by atoms with van der Waals surface area (Å²) in [6.07, 6.45) is 0. The minimum absolute atomic E-state index is 0.368. The highest BCUT2D eigenvalue weighted by Crippen LogP contribution is 2.25. The summed E-state index contributed by atoms with van der Waals surface area (Å²) in [5, 5.41) is 0. The number of hydrogen-bond acceptors (Lipinski definition) is 1. The van der Waals surface area contributed by atoms with Gasteiger partial charge in [-0.1, -0.05) is 0 Å². The Morgan fingerprint density at radius 3 is 2.00 bits per heavy atom. The zero-order valence-corrected chi connectivity index (χ0v) is 8.52. The van der Waals surface area contributed by atoms with E-state index in [9.17, 15) is 0 Å². The van der Waals surface area contributed by atoms with E-state index in [2.05, 4.69) is 39.6 Å². The fraction of sp³-hybridized carbons (Fsp3) is 1.00. The quantitative estimate of drug-likeness (QED) is 0.521. The standard InChI is InChI=1S/C9H21N2/c1-6-11(5)7-10(8-11)9(2,3)4/h6-8H2,1-5H3/q+1. The molecular weight excluding hydrogens is 136 g/mol. The minimum Gasteiger partial charge on any atom is -0.301 e. The van der Waals surface area contributed by atoms with Crippen LogP contribution in [-0.2, 0) is 0 Å². The SMILES string of the molecule is CC[N+]1(C)CN(C(C)(C)C)C1. The fourth-order valence-corrected chi connectivity index (χ4v) is 1.41. The predicted molar refractivity (Wildman–Crippen MR) is 48.1 cm³/mol. The molecule has 0 bridgehead atoms. The smallest absolute Gasteiger partial charge is 0.140 e. The van der Waals surface area contributed by atoms with E-state index >= 15 is 0 Å². The lowest BCUT2D eigenvalue weighted by Gasteiger charge is -2.54. The molecule has 0 unspecified atom stereocenters. The fourth-order valence-electron chi connectivity index (χ4n) is 1.41. The molecule has 1 fully saturated rings. The summed E-state index contributed by atoms with van der Waals surface area (Å²) in [6, 6.07) is 0. The van der Waals surface area contributed by atoms with Crippen LogP contribution in [0.4, 0.5) is 0 Å². The maximum atomic E-state index is 2.52. The molecule has 1 aliphatic heterocycles. The second-order valence-corrected chi connectivity index (χ2v) is 4.93. The van der Waals surface area contributed by atoms with Crippen LogP contribution in [0.25, 0.3) is 0 Å². The van der Waals surface area contributed by atoms with Gasteiger partial charge in [0.05, 0.1) is 13.6 Å². The summed E-state index contributed by atoms with van der Waals surface area (Å²) in [4.78, 5) is 2.52. The van der Waals surface area contributed by atoms with Gasteiger partial charge in [0.25, 0.3) is 0 Å². The van der Waals surface area contributed by atoms with E-state index < -0.39 is 0 Å². The van der Waals surface area contributed by atoms with Crippen molar-refractivity contribution in [2.45, 2.75) is 33.2 Å². The van der Waals surface area contributed by atoms with Crippen molar-refractivity contribution in [3.63, 3.8) is 0 Å². The van der Waals surface area contributed by atoms with Gasteiger partial charge in [-0.25, -0.2) is 4.90 Å². The number of rotatable bonds is 1. The molecule has 1 heterocycles. The van der Waals surface area contributed by atoms with E-state index in [0.29, 0.717) is 5.54 Å². The van der Waals surface area contributed by atoms with Gasteiger partial charge < -0.3 is 4.48 Å². The van der Waals surface area contributed by atoms with E-state index in [1.54, 1.807) is 0 Å². The average Bonchev–Trinajstić information content (AvgIpc) is 1.78. The summed E-state index contributed by atoms with van der Waals surface area (Å²) in [6.45, 7) is 12.8. The summed E-state index contributed by atoms with van der Waals surface area (Å²) >= 11 is 0. The zero-order chi connectivity index (χ0) is 8.70. The van der Waals surface area contributed by atoms with Crippen molar-refractivity contribution < 1.29 is 4.48 Å². The first kappa shape index (κ1) is 9.01. The van der Waals surface area contributed by atoms with Crippen molar-refractivity contribution in [1.82, 2.24) is 4.90 Å². The van der Waals surface area contributed by atoms with Gasteiger partial charge in [-0.05, 0) is 27.7 Å². The van der Waals surface area contributed by atoms with Crippen molar-refractivity contribution in [2.75, 3.05) is 26.9 Å². The molecule has 66 valence electrons. The van der Waals surface area contributed by atoms with Gasteiger partial charge in [0.15, 0.2) is 0 Å². The number of hydrogen-bond donors (Lipinski definition) is 0. The Morgan fingerprint density at radius 2 is 1.73 bits per heavy atom. The Hall–Kier alpha value is -0.0800. The molecule has 0 aromatic rings. The van der Waals surface area contributed by atoms with Crippen LogP contribution in [0, 0.1) is 0 Å². The second kappa shape index (κ2) is 2.46. The van der Waals surface area contributed by atoms with Crippen LogP contribution in [0.1, 0.15) is 27.7 Å². The molecule has 0 aromatic heterocycles. The molecule has 0 N–H and O–H groups in total. The molecule has 11 heavy (non-hydrogen) atoms. The molecule has 0 saturated carbocycles. The van der Waals surface area contributed by atoms with E-state index in [1.807, 2.05) is 0 Å². The summed E-state index contributed by atoms with van der Waals surface area (Å²) in [5.41, 5.74) is 0.368. The summed E-state index contributed by atoms with van der Waals surface area (Å²) < 4.78 is 1.22. The first-order chi connectivity index (χ1) is 4.87. The highest BCUT2D eigenvalue weighted by Gasteiger charge is 2.42. The Kier molecular flexibility index (Phi) is 2.01. The molecule has 0 radical (unpaired) electrons. The highest BCUT2D eigenvalue weighted by molar-refractivity contribution is 4.75. The largest absolute Gasteiger partial charge is 0.301 e. The van der Waals surface area contributed by atoms with Crippen LogP contribution in [0.15, 0.2) is 0 Å². The maximum absolute atomic E-state index is 2.52. The molecule has 1 aliphatic rings. The Bertz CT molecular complexity index is 140. The second-order valence-electron chi connectivity index (χ2n) is 4.93. The van der Waals surface area contributed by atoms with Crippen LogP contribution < -0.4 is 0 Å². The van der Waals surface area contributed by atoms with Crippen LogP contribution in [-0.4, -0.2) is 41.9 Å². The van der Waals surface area contributed by atoms with Crippen LogP contribution in [0.3, 0.4) is 0 Å². The Balaban J connectivity index is 2.40. The van der Waals surface area contributed by atoms with Crippen molar-refractivity contribution in [3.05, 3.63) is 0 Å². The normalized spacial score (nSPS) is 24.8. The number of nitrogens with zero attached hydrogens (tertiary/aromatic N) is 2. The number of quaternary nitrogens is 1. The van der Waals surface area contributed by atoms with Crippen LogP contribution >= 0.6 is 0 Å². The predicted octanol–water partition coefficient (Wildman–Crippen LogP) is 1.48. The third-order valence-corrected chi connectivity index (χ3v) is 2.74. The first-order valence-corrected chi connectivity index (χ1v) is 4.46. The highest BCUT2D eigenvalue weighted by atomic mass is 15.6. The van der Waals surface area contributed by atoms with Gasteiger partial charge in [-0.3, -0.25) is 0 Å². The molecule has 0 amide bonds. The molecule has 2 nitrogen and oxygen atoms in total. The van der Waals surface area contributed by atoms with Gasteiger partial charge in [0.1, 0.15) is 13.3 Å². The van der Waals surface area contributed by atoms with E-state index in [1.165, 1.54) is 24.4 Å². The van der Waals surface area contributed by atoms with Crippen molar-refractivity contribution in [3.8, 4) is 0 Å². The summed E-state index contributed by atoms with van der Waals surface area (Å²) in [5.74, 6) is 0. The lowest BCUT2D eigenvalue weighted by molar-refractivity contribution is -0.980. The lowest BCUT2D eigenvalue weighted by Crippen LogP contribution is -2.71. The molecule has 1 saturated heterocycles. The summed E-state index contributed by atoms with van der Waals surface area (Å²) in [7, 11) is 2.32. The van der Waals surface area contributed by atoms with Gasteiger partial charge >= 0.3 is 0 Å². The van der Waals surface area contributed by atoms with Gasteiger partial charge in [-0.2, -0.15) is 0 Å². The first-order valence-electron chi connectivity index (χ1n) is 4.46. The van der Waals surface area contributed by atoms with Gasteiger partial charge in [0, 0.05) is 5.54 Å². The van der Waals surface area contributed by atoms with Crippen molar-refractivity contribution in [2.24, 2.45) is 0 Å². The Labute approximate surface area is 70.4 Å². The lowest BCUT2D eigenvalue weighted by atomic mass is 10.1. The van der Waals surface area contributed by atoms with Gasteiger partial charge in [-0.15, -0.1) is 0 Å². The monoisotopic (exact) mass is 157 g/mol. The topological polar surface area (TPSA) is 3.24 Å². The molecule has 1 rings (SSSR count). The van der Waals surface area contributed by atoms with Crippen molar-refractivity contribution in [1.29, 1.82) is 0 Å². The Morgan fingerprint density at radius 1 is 1.27 bits per heavy atom. The van der Waals surface area contributed by atoms with Crippen molar-refractivity contribution >= 4 is 0 Å². The van der Waals surface area contributed by atoms with Gasteiger partial charge in [0.2, 0.25) is 0 Å². The van der Waals surface area contributed by atoms with Crippen LogP contribution in [0.2, 0.25) is 0 Å². The zero-order valence-electron chi connectivity index (χ0n) is 8.52. The van der Waals surface area contributed by atoms with E-state index in [0.717, 1.165) is 0 Å². The third kappa shape index (κ3) is 1.74. The molecule has 2 heteroatoms. The molecular formula is C9H21N2+. The minimum atomic E-state index is 0.368. The molecule has 0 atom stereocenters. The molecule has 0 aromatic carbocycles. The average molecular weight is 157 g/mol. The molecule has 0 aliphatic carbocycles. The third-order valence-electron chi connectivity index (χ3n) is 2.74. The maximum Gasteiger partial charge on any atom is 0.140 e. The van der Waals surface area contributed by atoms with E-state index in [4.69, 9.17) is 0 Å².